The lowest BCUT2D eigenvalue weighted by atomic mass is 10.1. The first-order valence-electron chi connectivity index (χ1n) is 7.33. The molecule has 0 saturated heterocycles. The number of anilines is 1. The molecule has 1 amide bonds. The number of nitrogens with zero attached hydrogens (tertiary/aromatic N) is 1. The number of benzene rings is 1. The Bertz CT molecular complexity index is 502. The Balaban J connectivity index is 2.79. The first-order valence-corrected chi connectivity index (χ1v) is 7.74. The van der Waals surface area contributed by atoms with Gasteiger partial charge in [-0.1, -0.05) is 31.3 Å². The lowest BCUT2D eigenvalue weighted by molar-refractivity contribution is -0.121. The number of rotatable bonds is 7. The fourth-order valence-electron chi connectivity index (χ4n) is 2.30. The predicted molar refractivity (Wildman–Crippen MR) is 92.6 cm³/mol. The number of thiocarbonyl (C=S) groups is 1. The van der Waals surface area contributed by atoms with Gasteiger partial charge in [0.2, 0.25) is 5.91 Å². The van der Waals surface area contributed by atoms with E-state index >= 15 is 0 Å². The Labute approximate surface area is 132 Å². The topological polar surface area (TPSA) is 58.4 Å². The molecule has 0 aliphatic carbocycles. The van der Waals surface area contributed by atoms with Crippen LogP contribution in [0.3, 0.4) is 0 Å². The van der Waals surface area contributed by atoms with Crippen molar-refractivity contribution in [1.82, 2.24) is 4.90 Å². The molecule has 1 atom stereocenters. The zero-order valence-electron chi connectivity index (χ0n) is 13.2. The van der Waals surface area contributed by atoms with Crippen molar-refractivity contribution in [2.45, 2.75) is 46.2 Å². The Morgan fingerprint density at radius 3 is 2.57 bits per heavy atom. The maximum Gasteiger partial charge on any atom is 0.241 e. The molecule has 0 saturated carbocycles. The van der Waals surface area contributed by atoms with E-state index in [0.29, 0.717) is 11.0 Å². The highest BCUT2D eigenvalue weighted by Gasteiger charge is 2.22. The second-order valence-electron chi connectivity index (χ2n) is 5.44. The summed E-state index contributed by atoms with van der Waals surface area (Å²) >= 11 is 4.95. The highest BCUT2D eigenvalue weighted by Crippen LogP contribution is 2.13. The number of nitrogens with two attached hydrogens (primary N) is 1. The zero-order valence-corrected chi connectivity index (χ0v) is 14.0. The summed E-state index contributed by atoms with van der Waals surface area (Å²) in [5.41, 5.74) is 7.09. The summed E-state index contributed by atoms with van der Waals surface area (Å²) in [6.07, 6.45) is 1.02. The summed E-state index contributed by atoms with van der Waals surface area (Å²) in [6.45, 7) is 9.16. The summed E-state index contributed by atoms with van der Waals surface area (Å²) in [6, 6.07) is 7.45. The van der Waals surface area contributed by atoms with E-state index < -0.39 is 0 Å². The van der Waals surface area contributed by atoms with Crippen LogP contribution in [-0.2, 0) is 4.79 Å². The molecule has 0 heterocycles. The molecule has 1 rings (SSSR count). The third kappa shape index (κ3) is 5.10. The van der Waals surface area contributed by atoms with Gasteiger partial charge in [-0.3, -0.25) is 9.69 Å². The summed E-state index contributed by atoms with van der Waals surface area (Å²) in [5.74, 6) is -0.0164. The monoisotopic (exact) mass is 307 g/mol. The minimum atomic E-state index is -0.182. The maximum atomic E-state index is 12.4. The van der Waals surface area contributed by atoms with Gasteiger partial charge in [-0.15, -0.1) is 0 Å². The van der Waals surface area contributed by atoms with Gasteiger partial charge in [0.05, 0.1) is 6.04 Å². The largest absolute Gasteiger partial charge is 0.389 e. The molecule has 0 spiro atoms. The van der Waals surface area contributed by atoms with Gasteiger partial charge < -0.3 is 11.1 Å². The molecule has 0 aliphatic rings. The Morgan fingerprint density at radius 1 is 1.38 bits per heavy atom. The quantitative estimate of drug-likeness (QED) is 0.761. The van der Waals surface area contributed by atoms with Crippen LogP contribution in [0.5, 0.6) is 0 Å². The van der Waals surface area contributed by atoms with Gasteiger partial charge in [-0.25, -0.2) is 0 Å². The van der Waals surface area contributed by atoms with Gasteiger partial charge >= 0.3 is 0 Å². The summed E-state index contributed by atoms with van der Waals surface area (Å²) in [4.78, 5) is 14.9. The Kier molecular flexibility index (Phi) is 6.78. The minimum absolute atomic E-state index is 0.0164. The zero-order chi connectivity index (χ0) is 16.0. The Hall–Kier alpha value is -1.46. The number of nitrogens with one attached hydrogen (secondary N) is 1. The van der Waals surface area contributed by atoms with Crippen molar-refractivity contribution >= 4 is 28.8 Å². The van der Waals surface area contributed by atoms with Crippen LogP contribution in [-0.4, -0.2) is 34.4 Å². The van der Waals surface area contributed by atoms with Gasteiger partial charge in [0, 0.05) is 17.3 Å². The Morgan fingerprint density at radius 2 is 2.05 bits per heavy atom. The molecule has 0 aliphatic heterocycles. The highest BCUT2D eigenvalue weighted by molar-refractivity contribution is 7.80. The van der Waals surface area contributed by atoms with Crippen LogP contribution in [0.1, 0.15) is 39.7 Å². The van der Waals surface area contributed by atoms with Crippen molar-refractivity contribution in [2.24, 2.45) is 5.73 Å². The van der Waals surface area contributed by atoms with E-state index in [9.17, 15) is 4.79 Å². The van der Waals surface area contributed by atoms with Crippen LogP contribution in [0, 0.1) is 0 Å². The van der Waals surface area contributed by atoms with Crippen LogP contribution in [0.15, 0.2) is 24.3 Å². The average molecular weight is 307 g/mol. The molecule has 0 aromatic heterocycles. The smallest absolute Gasteiger partial charge is 0.241 e. The highest BCUT2D eigenvalue weighted by atomic mass is 32.1. The molecule has 116 valence electrons. The van der Waals surface area contributed by atoms with Gasteiger partial charge in [0.25, 0.3) is 0 Å². The van der Waals surface area contributed by atoms with Gasteiger partial charge in [-0.05, 0) is 45.9 Å². The van der Waals surface area contributed by atoms with Crippen molar-refractivity contribution in [2.75, 3.05) is 11.9 Å². The molecule has 0 bridgehead atoms. The molecule has 1 aromatic carbocycles. The van der Waals surface area contributed by atoms with Crippen LogP contribution in [0.25, 0.3) is 0 Å². The van der Waals surface area contributed by atoms with E-state index in [0.717, 1.165) is 24.2 Å². The molecule has 4 nitrogen and oxygen atoms in total. The molecule has 5 heteroatoms. The van der Waals surface area contributed by atoms with Crippen LogP contribution in [0.4, 0.5) is 5.69 Å². The first-order chi connectivity index (χ1) is 9.86. The summed E-state index contributed by atoms with van der Waals surface area (Å²) in [5, 5.41) is 2.93. The number of carbonyl (C=O) groups excluding carboxylic acids is 1. The van der Waals surface area contributed by atoms with Crippen molar-refractivity contribution in [3.8, 4) is 0 Å². The molecule has 1 unspecified atom stereocenters. The number of hydrogen-bond donors (Lipinski definition) is 2. The van der Waals surface area contributed by atoms with Crippen LogP contribution < -0.4 is 11.1 Å². The maximum absolute atomic E-state index is 12.4. The average Bonchev–Trinajstić information content (AvgIpc) is 2.43. The minimum Gasteiger partial charge on any atom is -0.389 e. The van der Waals surface area contributed by atoms with Crippen molar-refractivity contribution in [1.29, 1.82) is 0 Å². The van der Waals surface area contributed by atoms with Gasteiger partial charge in [-0.2, -0.15) is 0 Å². The summed E-state index contributed by atoms with van der Waals surface area (Å²) in [7, 11) is 0. The van der Waals surface area contributed by atoms with E-state index in [1.165, 1.54) is 0 Å². The second kappa shape index (κ2) is 8.10. The third-order valence-electron chi connectivity index (χ3n) is 3.44. The van der Waals surface area contributed by atoms with Crippen LogP contribution >= 0.6 is 12.2 Å². The normalized spacial score (nSPS) is 12.5. The molecule has 3 N–H and O–H groups in total. The van der Waals surface area contributed by atoms with Crippen molar-refractivity contribution in [3.63, 3.8) is 0 Å². The number of amides is 1. The van der Waals surface area contributed by atoms with Crippen molar-refractivity contribution < 1.29 is 4.79 Å². The van der Waals surface area contributed by atoms with E-state index in [1.807, 2.05) is 25.1 Å². The standard InChI is InChI=1S/C16H25N3OS/c1-5-9-19(11(2)3)12(4)16(20)18-14-8-6-7-13(10-14)15(17)21/h6-8,10-12H,5,9H2,1-4H3,(H2,17,21)(H,18,20). The molecule has 1 aromatic rings. The molecule has 21 heavy (non-hydrogen) atoms. The van der Waals surface area contributed by atoms with Crippen molar-refractivity contribution in [3.05, 3.63) is 29.8 Å². The predicted octanol–water partition coefficient (Wildman–Crippen LogP) is 2.77. The van der Waals surface area contributed by atoms with E-state index in [2.05, 4.69) is 31.0 Å². The molecular weight excluding hydrogens is 282 g/mol. The summed E-state index contributed by atoms with van der Waals surface area (Å²) < 4.78 is 0. The van der Waals surface area contributed by atoms with Gasteiger partial charge in [0.1, 0.15) is 4.99 Å². The second-order valence-corrected chi connectivity index (χ2v) is 5.88. The van der Waals surface area contributed by atoms with Gasteiger partial charge in [0.15, 0.2) is 0 Å². The van der Waals surface area contributed by atoms with E-state index in [1.54, 1.807) is 6.07 Å². The number of hydrogen-bond acceptors (Lipinski definition) is 3. The van der Waals surface area contributed by atoms with Crippen LogP contribution in [0.2, 0.25) is 0 Å². The number of carbonyl (C=O) groups is 1. The lowest BCUT2D eigenvalue weighted by Gasteiger charge is -2.31. The fourth-order valence-corrected chi connectivity index (χ4v) is 2.43. The molecular formula is C16H25N3OS. The van der Waals surface area contributed by atoms with E-state index in [-0.39, 0.29) is 11.9 Å². The molecule has 0 fully saturated rings. The SMILES string of the molecule is CCCN(C(C)C)C(C)C(=O)Nc1cccc(C(N)=S)c1. The molecule has 0 radical (unpaired) electrons. The third-order valence-corrected chi connectivity index (χ3v) is 3.67. The van der Waals surface area contributed by atoms with E-state index in [4.69, 9.17) is 18.0 Å². The lowest BCUT2D eigenvalue weighted by Crippen LogP contribution is -2.46. The fraction of sp³-hybridized carbons (Fsp3) is 0.500. The first kappa shape index (κ1) is 17.6.